The zero-order chi connectivity index (χ0) is 17.0. The van der Waals surface area contributed by atoms with E-state index in [1.807, 2.05) is 35.7 Å². The van der Waals surface area contributed by atoms with Crippen molar-refractivity contribution in [2.75, 3.05) is 18.4 Å². The van der Waals surface area contributed by atoms with Gasteiger partial charge in [-0.25, -0.2) is 4.98 Å². The number of nitrogens with two attached hydrogens (primary N) is 1. The first-order valence-electron chi connectivity index (χ1n) is 8.38. The number of benzene rings is 1. The standard InChI is InChI=1S/C18H24N4OS/c1-18(19,14-8-4-2-5-9-14)16(23)21-17-20-15(13-24-17)12-22-10-6-3-7-11-22/h2,4-5,8-9,13H,3,6-7,10-12,19H2,1H3,(H,20,21,23). The van der Waals surface area contributed by atoms with Crippen LogP contribution in [-0.2, 0) is 16.9 Å². The first kappa shape index (κ1) is 17.1. The summed E-state index contributed by atoms with van der Waals surface area (Å²) in [6.45, 7) is 4.84. The lowest BCUT2D eigenvalue weighted by Gasteiger charge is -2.25. The maximum atomic E-state index is 12.6. The molecule has 1 aromatic carbocycles. The zero-order valence-electron chi connectivity index (χ0n) is 14.0. The number of carbonyl (C=O) groups is 1. The van der Waals surface area contributed by atoms with Crippen molar-refractivity contribution in [1.29, 1.82) is 0 Å². The Labute approximate surface area is 146 Å². The molecule has 1 atom stereocenters. The van der Waals surface area contributed by atoms with Crippen molar-refractivity contribution in [2.45, 2.75) is 38.3 Å². The lowest BCUT2D eigenvalue weighted by molar-refractivity contribution is -0.120. The number of carbonyl (C=O) groups excluding carboxylic acids is 1. The van der Waals surface area contributed by atoms with E-state index in [-0.39, 0.29) is 5.91 Å². The average molecular weight is 344 g/mol. The Morgan fingerprint density at radius 1 is 1.29 bits per heavy atom. The molecule has 0 bridgehead atoms. The molecule has 1 unspecified atom stereocenters. The summed E-state index contributed by atoms with van der Waals surface area (Å²) < 4.78 is 0. The minimum Gasteiger partial charge on any atom is -0.314 e. The zero-order valence-corrected chi connectivity index (χ0v) is 14.8. The van der Waals surface area contributed by atoms with Gasteiger partial charge in [-0.05, 0) is 38.4 Å². The quantitative estimate of drug-likeness (QED) is 0.875. The fourth-order valence-electron chi connectivity index (χ4n) is 2.93. The van der Waals surface area contributed by atoms with Crippen molar-refractivity contribution in [3.63, 3.8) is 0 Å². The SMILES string of the molecule is CC(N)(C(=O)Nc1nc(CN2CCCCC2)cs1)c1ccccc1. The fraction of sp³-hybridized carbons (Fsp3) is 0.444. The van der Waals surface area contributed by atoms with Gasteiger partial charge in [-0.15, -0.1) is 11.3 Å². The highest BCUT2D eigenvalue weighted by molar-refractivity contribution is 7.13. The smallest absolute Gasteiger partial charge is 0.250 e. The van der Waals surface area contributed by atoms with Crippen LogP contribution in [0.25, 0.3) is 0 Å². The summed E-state index contributed by atoms with van der Waals surface area (Å²) >= 11 is 1.45. The van der Waals surface area contributed by atoms with Crippen molar-refractivity contribution in [2.24, 2.45) is 5.73 Å². The molecule has 0 aliphatic carbocycles. The Balaban J connectivity index is 1.62. The molecule has 1 aliphatic heterocycles. The predicted octanol–water partition coefficient (Wildman–Crippen LogP) is 2.94. The van der Waals surface area contributed by atoms with Gasteiger partial charge in [0.15, 0.2) is 5.13 Å². The summed E-state index contributed by atoms with van der Waals surface area (Å²) in [7, 11) is 0. The Bertz CT molecular complexity index is 677. The molecule has 2 aromatic rings. The molecule has 6 heteroatoms. The van der Waals surface area contributed by atoms with Crippen molar-refractivity contribution in [3.05, 3.63) is 47.0 Å². The number of anilines is 1. The summed E-state index contributed by atoms with van der Waals surface area (Å²) in [5.74, 6) is -0.243. The number of nitrogens with zero attached hydrogens (tertiary/aromatic N) is 2. The van der Waals surface area contributed by atoms with Crippen LogP contribution >= 0.6 is 11.3 Å². The van der Waals surface area contributed by atoms with E-state index in [2.05, 4.69) is 15.2 Å². The van der Waals surface area contributed by atoms with Gasteiger partial charge in [0, 0.05) is 11.9 Å². The van der Waals surface area contributed by atoms with Crippen LogP contribution in [-0.4, -0.2) is 28.9 Å². The Hall–Kier alpha value is -1.76. The topological polar surface area (TPSA) is 71.2 Å². The third-order valence-electron chi connectivity index (χ3n) is 4.45. The summed E-state index contributed by atoms with van der Waals surface area (Å²) in [6, 6.07) is 9.40. The number of likely N-dealkylation sites (tertiary alicyclic amines) is 1. The van der Waals surface area contributed by atoms with Crippen LogP contribution in [0.3, 0.4) is 0 Å². The Morgan fingerprint density at radius 3 is 2.71 bits per heavy atom. The molecule has 1 saturated heterocycles. The summed E-state index contributed by atoms with van der Waals surface area (Å²) in [6.07, 6.45) is 3.84. The largest absolute Gasteiger partial charge is 0.314 e. The average Bonchev–Trinajstić information content (AvgIpc) is 3.03. The van der Waals surface area contributed by atoms with Gasteiger partial charge in [-0.3, -0.25) is 9.69 Å². The first-order chi connectivity index (χ1) is 11.6. The van der Waals surface area contributed by atoms with E-state index in [4.69, 9.17) is 5.73 Å². The lowest BCUT2D eigenvalue weighted by Crippen LogP contribution is -2.45. The maximum absolute atomic E-state index is 12.6. The molecule has 0 spiro atoms. The van der Waals surface area contributed by atoms with Gasteiger partial charge < -0.3 is 11.1 Å². The number of hydrogen-bond donors (Lipinski definition) is 2. The van der Waals surface area contributed by atoms with Gasteiger partial charge in [-0.2, -0.15) is 0 Å². The number of rotatable bonds is 5. The minimum absolute atomic E-state index is 0.243. The van der Waals surface area contributed by atoms with E-state index >= 15 is 0 Å². The predicted molar refractivity (Wildman–Crippen MR) is 97.9 cm³/mol. The molecule has 1 fully saturated rings. The third kappa shape index (κ3) is 4.01. The van der Waals surface area contributed by atoms with Crippen LogP contribution in [0.4, 0.5) is 5.13 Å². The van der Waals surface area contributed by atoms with Crippen molar-refractivity contribution in [1.82, 2.24) is 9.88 Å². The van der Waals surface area contributed by atoms with E-state index in [9.17, 15) is 4.79 Å². The molecule has 128 valence electrons. The van der Waals surface area contributed by atoms with Gasteiger partial charge in [0.25, 0.3) is 5.91 Å². The van der Waals surface area contributed by atoms with Crippen molar-refractivity contribution >= 4 is 22.4 Å². The van der Waals surface area contributed by atoms with Gasteiger partial charge >= 0.3 is 0 Å². The molecule has 2 heterocycles. The molecule has 5 nitrogen and oxygen atoms in total. The second-order valence-electron chi connectivity index (χ2n) is 6.50. The maximum Gasteiger partial charge on any atom is 0.250 e. The second-order valence-corrected chi connectivity index (χ2v) is 7.36. The normalized spacial score (nSPS) is 18.1. The van der Waals surface area contributed by atoms with Gasteiger partial charge in [0.05, 0.1) is 5.69 Å². The lowest BCUT2D eigenvalue weighted by atomic mass is 9.92. The number of piperidine rings is 1. The molecule has 3 rings (SSSR count). The van der Waals surface area contributed by atoms with E-state index in [0.717, 1.165) is 30.9 Å². The van der Waals surface area contributed by atoms with E-state index in [0.29, 0.717) is 5.13 Å². The highest BCUT2D eigenvalue weighted by Crippen LogP contribution is 2.23. The molecule has 0 saturated carbocycles. The minimum atomic E-state index is -1.08. The summed E-state index contributed by atoms with van der Waals surface area (Å²) in [5.41, 5.74) is 6.95. The van der Waals surface area contributed by atoms with Crippen LogP contribution in [0.15, 0.2) is 35.7 Å². The third-order valence-corrected chi connectivity index (χ3v) is 5.26. The van der Waals surface area contributed by atoms with Crippen LogP contribution in [0.2, 0.25) is 0 Å². The molecule has 1 aromatic heterocycles. The van der Waals surface area contributed by atoms with Crippen molar-refractivity contribution in [3.8, 4) is 0 Å². The van der Waals surface area contributed by atoms with Gasteiger partial charge in [-0.1, -0.05) is 36.8 Å². The van der Waals surface area contributed by atoms with Gasteiger partial charge in [0.1, 0.15) is 5.54 Å². The summed E-state index contributed by atoms with van der Waals surface area (Å²) in [4.78, 5) is 19.5. The number of amides is 1. The van der Waals surface area contributed by atoms with Crippen molar-refractivity contribution < 1.29 is 4.79 Å². The first-order valence-corrected chi connectivity index (χ1v) is 9.26. The van der Waals surface area contributed by atoms with Crippen LogP contribution < -0.4 is 11.1 Å². The molecule has 1 aliphatic rings. The Kier molecular flexibility index (Phi) is 5.28. The summed E-state index contributed by atoms with van der Waals surface area (Å²) in [5, 5.41) is 5.49. The molecule has 1 amide bonds. The molecule has 3 N–H and O–H groups in total. The van der Waals surface area contributed by atoms with Crippen LogP contribution in [0, 0.1) is 0 Å². The fourth-order valence-corrected chi connectivity index (χ4v) is 3.62. The molecular formula is C18H24N4OS. The highest BCUT2D eigenvalue weighted by atomic mass is 32.1. The highest BCUT2D eigenvalue weighted by Gasteiger charge is 2.31. The van der Waals surface area contributed by atoms with E-state index in [1.165, 1.54) is 30.6 Å². The van der Waals surface area contributed by atoms with Gasteiger partial charge in [0.2, 0.25) is 0 Å². The molecule has 0 radical (unpaired) electrons. The number of aromatic nitrogens is 1. The monoisotopic (exact) mass is 344 g/mol. The second kappa shape index (κ2) is 7.42. The van der Waals surface area contributed by atoms with Crippen LogP contribution in [0.1, 0.15) is 37.4 Å². The van der Waals surface area contributed by atoms with Crippen LogP contribution in [0.5, 0.6) is 0 Å². The van der Waals surface area contributed by atoms with E-state index < -0.39 is 5.54 Å². The molecular weight excluding hydrogens is 320 g/mol. The number of thiazole rings is 1. The molecule has 24 heavy (non-hydrogen) atoms. The van der Waals surface area contributed by atoms with E-state index in [1.54, 1.807) is 6.92 Å². The number of hydrogen-bond acceptors (Lipinski definition) is 5. The number of nitrogens with one attached hydrogen (secondary N) is 1. The Morgan fingerprint density at radius 2 is 2.00 bits per heavy atom.